The summed E-state index contributed by atoms with van der Waals surface area (Å²) in [6, 6.07) is 1.99. The van der Waals surface area contributed by atoms with E-state index in [-0.39, 0.29) is 5.91 Å². The Labute approximate surface area is 127 Å². The normalized spacial score (nSPS) is 10.9. The van der Waals surface area contributed by atoms with E-state index in [1.165, 1.54) is 11.3 Å². The van der Waals surface area contributed by atoms with Crippen LogP contribution in [0.2, 0.25) is 0 Å². The van der Waals surface area contributed by atoms with Gasteiger partial charge in [0.15, 0.2) is 0 Å². The molecular weight excluding hydrogens is 290 g/mol. The second kappa shape index (κ2) is 6.45. The van der Waals surface area contributed by atoms with E-state index < -0.39 is 0 Å². The van der Waals surface area contributed by atoms with Crippen molar-refractivity contribution in [1.82, 2.24) is 10.3 Å². The maximum absolute atomic E-state index is 12.2. The second-order valence-electron chi connectivity index (χ2n) is 4.71. The van der Waals surface area contributed by atoms with E-state index in [1.807, 2.05) is 19.9 Å². The molecule has 1 amide bonds. The zero-order chi connectivity index (χ0) is 14.7. The number of nitrogens with zero attached hydrogens (tertiary/aromatic N) is 1. The number of anilines is 1. The maximum atomic E-state index is 12.2. The average Bonchev–Trinajstić information content (AvgIpc) is 2.71. The first-order chi connectivity index (χ1) is 9.54. The molecule has 0 fully saturated rings. The van der Waals surface area contributed by atoms with Crippen molar-refractivity contribution >= 4 is 44.9 Å². The highest BCUT2D eigenvalue weighted by Gasteiger charge is 2.18. The quantitative estimate of drug-likeness (QED) is 0.833. The van der Waals surface area contributed by atoms with Crippen LogP contribution >= 0.6 is 23.1 Å². The van der Waals surface area contributed by atoms with Gasteiger partial charge in [-0.2, -0.15) is 11.8 Å². The number of pyridine rings is 1. The number of nitrogens with two attached hydrogens (primary N) is 1. The SMILES string of the molecule is CSCCCNC(=O)c1sc2nc(C)cc(C)c2c1N. The van der Waals surface area contributed by atoms with Gasteiger partial charge in [0.1, 0.15) is 9.71 Å². The lowest BCUT2D eigenvalue weighted by Crippen LogP contribution is -2.24. The summed E-state index contributed by atoms with van der Waals surface area (Å²) in [6.07, 6.45) is 3.02. The summed E-state index contributed by atoms with van der Waals surface area (Å²) in [7, 11) is 0. The smallest absolute Gasteiger partial charge is 0.263 e. The van der Waals surface area contributed by atoms with Crippen molar-refractivity contribution in [2.75, 3.05) is 24.3 Å². The molecule has 0 bridgehead atoms. The van der Waals surface area contributed by atoms with Crippen LogP contribution in [0.5, 0.6) is 0 Å². The van der Waals surface area contributed by atoms with Crippen molar-refractivity contribution in [3.8, 4) is 0 Å². The van der Waals surface area contributed by atoms with Crippen LogP contribution in [0, 0.1) is 13.8 Å². The Balaban J connectivity index is 2.24. The molecular formula is C14H19N3OS2. The zero-order valence-electron chi connectivity index (χ0n) is 11.9. The number of hydrogen-bond acceptors (Lipinski definition) is 5. The summed E-state index contributed by atoms with van der Waals surface area (Å²) in [6.45, 7) is 4.63. The minimum Gasteiger partial charge on any atom is -0.397 e. The summed E-state index contributed by atoms with van der Waals surface area (Å²) in [5.41, 5.74) is 8.70. The van der Waals surface area contributed by atoms with Gasteiger partial charge in [-0.3, -0.25) is 4.79 Å². The Kier molecular flexibility index (Phi) is 4.88. The minimum absolute atomic E-state index is 0.0938. The number of aryl methyl sites for hydroxylation is 2. The molecule has 0 spiro atoms. The van der Waals surface area contributed by atoms with Gasteiger partial charge in [0.25, 0.3) is 5.91 Å². The van der Waals surface area contributed by atoms with Crippen LogP contribution < -0.4 is 11.1 Å². The van der Waals surface area contributed by atoms with E-state index in [0.29, 0.717) is 17.1 Å². The highest BCUT2D eigenvalue weighted by molar-refractivity contribution is 7.98. The molecule has 3 N–H and O–H groups in total. The monoisotopic (exact) mass is 309 g/mol. The number of carbonyl (C=O) groups excluding carboxylic acids is 1. The Morgan fingerprint density at radius 1 is 1.50 bits per heavy atom. The lowest BCUT2D eigenvalue weighted by Gasteiger charge is -2.03. The van der Waals surface area contributed by atoms with Crippen LogP contribution in [0.3, 0.4) is 0 Å². The lowest BCUT2D eigenvalue weighted by atomic mass is 10.1. The standard InChI is InChI=1S/C14H19N3OS2/c1-8-7-9(2)17-14-10(8)11(15)12(20-14)13(18)16-5-4-6-19-3/h7H,4-6,15H2,1-3H3,(H,16,18). The number of rotatable bonds is 5. The molecule has 0 saturated heterocycles. The molecule has 6 heteroatoms. The van der Waals surface area contributed by atoms with E-state index in [1.54, 1.807) is 11.8 Å². The van der Waals surface area contributed by atoms with Gasteiger partial charge in [0.2, 0.25) is 0 Å². The number of hydrogen-bond donors (Lipinski definition) is 2. The molecule has 0 aliphatic heterocycles. The van der Waals surface area contributed by atoms with Crippen molar-refractivity contribution in [1.29, 1.82) is 0 Å². The molecule has 108 valence electrons. The van der Waals surface area contributed by atoms with Gasteiger partial charge in [-0.1, -0.05) is 0 Å². The molecule has 2 aromatic heterocycles. The highest BCUT2D eigenvalue weighted by Crippen LogP contribution is 2.34. The number of thiophene rings is 1. The van der Waals surface area contributed by atoms with E-state index in [0.717, 1.165) is 33.6 Å². The van der Waals surface area contributed by atoms with E-state index in [9.17, 15) is 4.79 Å². The third-order valence-corrected chi connectivity index (χ3v) is 4.84. The van der Waals surface area contributed by atoms with Crippen molar-refractivity contribution in [2.24, 2.45) is 0 Å². The van der Waals surface area contributed by atoms with Crippen molar-refractivity contribution in [2.45, 2.75) is 20.3 Å². The number of thioether (sulfide) groups is 1. The Morgan fingerprint density at radius 2 is 2.25 bits per heavy atom. The summed E-state index contributed by atoms with van der Waals surface area (Å²) < 4.78 is 0. The summed E-state index contributed by atoms with van der Waals surface area (Å²) >= 11 is 3.15. The highest BCUT2D eigenvalue weighted by atomic mass is 32.2. The molecule has 2 aromatic rings. The average molecular weight is 309 g/mol. The first-order valence-corrected chi connectivity index (χ1v) is 8.69. The van der Waals surface area contributed by atoms with Crippen LogP contribution in [-0.4, -0.2) is 29.4 Å². The Morgan fingerprint density at radius 3 is 2.95 bits per heavy atom. The fourth-order valence-electron chi connectivity index (χ4n) is 2.14. The van der Waals surface area contributed by atoms with E-state index in [4.69, 9.17) is 5.73 Å². The molecule has 0 unspecified atom stereocenters. The predicted molar refractivity (Wildman–Crippen MR) is 88.8 cm³/mol. The molecule has 4 nitrogen and oxygen atoms in total. The van der Waals surface area contributed by atoms with Gasteiger partial charge in [0.05, 0.1) is 5.69 Å². The minimum atomic E-state index is -0.0938. The van der Waals surface area contributed by atoms with Gasteiger partial charge in [0, 0.05) is 17.6 Å². The lowest BCUT2D eigenvalue weighted by molar-refractivity contribution is 0.0958. The molecule has 0 atom stereocenters. The molecule has 0 saturated carbocycles. The largest absolute Gasteiger partial charge is 0.397 e. The molecule has 2 rings (SSSR count). The third-order valence-electron chi connectivity index (χ3n) is 3.04. The molecule has 0 radical (unpaired) electrons. The number of nitrogens with one attached hydrogen (secondary N) is 1. The van der Waals surface area contributed by atoms with Gasteiger partial charge < -0.3 is 11.1 Å². The van der Waals surface area contributed by atoms with Crippen LogP contribution in [0.15, 0.2) is 6.07 Å². The van der Waals surface area contributed by atoms with Gasteiger partial charge in [-0.05, 0) is 43.9 Å². The van der Waals surface area contributed by atoms with Crippen LogP contribution in [-0.2, 0) is 0 Å². The molecule has 2 heterocycles. The van der Waals surface area contributed by atoms with Crippen molar-refractivity contribution < 1.29 is 4.79 Å². The summed E-state index contributed by atoms with van der Waals surface area (Å²) in [4.78, 5) is 18.1. The topological polar surface area (TPSA) is 68.0 Å². The molecule has 0 aromatic carbocycles. The summed E-state index contributed by atoms with van der Waals surface area (Å²) in [5, 5.41) is 3.83. The van der Waals surface area contributed by atoms with Crippen molar-refractivity contribution in [3.63, 3.8) is 0 Å². The third kappa shape index (κ3) is 3.07. The number of fused-ring (bicyclic) bond motifs is 1. The maximum Gasteiger partial charge on any atom is 0.263 e. The van der Waals surface area contributed by atoms with Crippen molar-refractivity contribution in [3.05, 3.63) is 22.2 Å². The molecule has 0 aliphatic carbocycles. The first kappa shape index (κ1) is 15.1. The summed E-state index contributed by atoms with van der Waals surface area (Å²) in [5.74, 6) is 0.950. The van der Waals surface area contributed by atoms with Gasteiger partial charge in [-0.15, -0.1) is 11.3 Å². The van der Waals surface area contributed by atoms with Crippen LogP contribution in [0.25, 0.3) is 10.2 Å². The van der Waals surface area contributed by atoms with Crippen LogP contribution in [0.1, 0.15) is 27.3 Å². The van der Waals surface area contributed by atoms with Gasteiger partial charge in [-0.25, -0.2) is 4.98 Å². The number of nitrogen functional groups attached to an aromatic ring is 1. The number of aromatic nitrogens is 1. The zero-order valence-corrected chi connectivity index (χ0v) is 13.6. The molecule has 0 aliphatic rings. The number of carbonyl (C=O) groups is 1. The van der Waals surface area contributed by atoms with E-state index >= 15 is 0 Å². The Hall–Kier alpha value is -1.27. The fourth-order valence-corrected chi connectivity index (χ4v) is 3.70. The second-order valence-corrected chi connectivity index (χ2v) is 6.69. The molecule has 20 heavy (non-hydrogen) atoms. The van der Waals surface area contributed by atoms with Gasteiger partial charge >= 0.3 is 0 Å². The number of amides is 1. The first-order valence-electron chi connectivity index (χ1n) is 6.48. The van der Waals surface area contributed by atoms with E-state index in [2.05, 4.69) is 16.6 Å². The Bertz CT molecular complexity index is 637. The fraction of sp³-hybridized carbons (Fsp3) is 0.429. The van der Waals surface area contributed by atoms with Crippen LogP contribution in [0.4, 0.5) is 5.69 Å². The predicted octanol–water partition coefficient (Wildman–Crippen LogP) is 2.98.